The Morgan fingerprint density at radius 2 is 1.45 bits per heavy atom. The van der Waals surface area contributed by atoms with Crippen molar-refractivity contribution in [3.63, 3.8) is 0 Å². The molecule has 0 radical (unpaired) electrons. The normalized spacial score (nSPS) is 11.6. The summed E-state index contributed by atoms with van der Waals surface area (Å²) in [7, 11) is 0. The smallest absolute Gasteiger partial charge is 0.339 e. The Morgan fingerprint density at radius 1 is 0.871 bits per heavy atom. The third-order valence-corrected chi connectivity index (χ3v) is 5.17. The number of esters is 1. The Labute approximate surface area is 191 Å². The van der Waals surface area contributed by atoms with Crippen molar-refractivity contribution in [1.29, 1.82) is 0 Å². The van der Waals surface area contributed by atoms with E-state index in [4.69, 9.17) is 37.4 Å². The summed E-state index contributed by atoms with van der Waals surface area (Å²) in [6, 6.07) is 19.4. The van der Waals surface area contributed by atoms with E-state index in [9.17, 15) is 9.90 Å². The molecule has 0 aliphatic carbocycles. The molecule has 0 aromatic heterocycles. The molecule has 5 nitrogen and oxygen atoms in total. The maximum absolute atomic E-state index is 12.2. The molecule has 3 aromatic rings. The van der Waals surface area contributed by atoms with Crippen LogP contribution in [0.4, 0.5) is 0 Å². The van der Waals surface area contributed by atoms with Gasteiger partial charge in [-0.1, -0.05) is 65.7 Å². The summed E-state index contributed by atoms with van der Waals surface area (Å²) in [5.41, 5.74) is 1.72. The molecule has 3 aromatic carbocycles. The Morgan fingerprint density at radius 3 is 2.03 bits per heavy atom. The first-order chi connectivity index (χ1) is 15.0. The molecule has 7 heteroatoms. The van der Waals surface area contributed by atoms with Gasteiger partial charge in [-0.25, -0.2) is 4.79 Å². The third-order valence-electron chi connectivity index (χ3n) is 4.54. The lowest BCUT2D eigenvalue weighted by molar-refractivity contribution is -0.153. The maximum atomic E-state index is 12.2. The quantitative estimate of drug-likeness (QED) is 0.412. The van der Waals surface area contributed by atoms with Gasteiger partial charge in [0, 0.05) is 5.56 Å². The minimum Gasteiger partial charge on any atom is -0.487 e. The van der Waals surface area contributed by atoms with Gasteiger partial charge in [0.05, 0.1) is 16.7 Å². The minimum atomic E-state index is -1.45. The lowest BCUT2D eigenvalue weighted by Crippen LogP contribution is -2.19. The standard InChI is InChI=1S/C24H22Cl2O5/c1-2-29-24(28)23(27)17-9-7-8-16(14-30-21-12-5-3-10-19(21)25)18(17)15-31-22-13-6-4-11-20(22)26/h3-13,23,27H,2,14-15H2,1H3. The molecule has 0 amide bonds. The first-order valence-electron chi connectivity index (χ1n) is 9.71. The van der Waals surface area contributed by atoms with E-state index in [0.717, 1.165) is 5.56 Å². The number of aliphatic hydroxyl groups is 1. The van der Waals surface area contributed by atoms with Crippen LogP contribution < -0.4 is 9.47 Å². The van der Waals surface area contributed by atoms with Gasteiger partial charge in [-0.2, -0.15) is 0 Å². The largest absolute Gasteiger partial charge is 0.487 e. The lowest BCUT2D eigenvalue weighted by Gasteiger charge is -2.19. The highest BCUT2D eigenvalue weighted by molar-refractivity contribution is 6.32. The topological polar surface area (TPSA) is 65.0 Å². The highest BCUT2D eigenvalue weighted by Gasteiger charge is 2.24. The summed E-state index contributed by atoms with van der Waals surface area (Å²) in [4.78, 5) is 12.2. The van der Waals surface area contributed by atoms with E-state index >= 15 is 0 Å². The van der Waals surface area contributed by atoms with Gasteiger partial charge in [-0.15, -0.1) is 0 Å². The first kappa shape index (κ1) is 22.9. The molecular weight excluding hydrogens is 439 g/mol. The summed E-state index contributed by atoms with van der Waals surface area (Å²) in [6.07, 6.45) is -1.45. The number of para-hydroxylation sites is 2. The van der Waals surface area contributed by atoms with E-state index in [0.29, 0.717) is 32.7 Å². The van der Waals surface area contributed by atoms with Crippen LogP contribution in [0.1, 0.15) is 29.7 Å². The van der Waals surface area contributed by atoms with Gasteiger partial charge in [-0.05, 0) is 42.3 Å². The highest BCUT2D eigenvalue weighted by Crippen LogP contribution is 2.30. The van der Waals surface area contributed by atoms with Crippen molar-refractivity contribution in [2.24, 2.45) is 0 Å². The zero-order chi connectivity index (χ0) is 22.2. The Hall–Kier alpha value is -2.73. The van der Waals surface area contributed by atoms with Crippen molar-refractivity contribution in [1.82, 2.24) is 0 Å². The molecule has 1 atom stereocenters. The van der Waals surface area contributed by atoms with Crippen LogP contribution in [0.25, 0.3) is 0 Å². The van der Waals surface area contributed by atoms with Crippen molar-refractivity contribution in [3.8, 4) is 11.5 Å². The van der Waals surface area contributed by atoms with Gasteiger partial charge < -0.3 is 19.3 Å². The molecule has 0 aliphatic heterocycles. The second-order valence-corrected chi connectivity index (χ2v) is 7.39. The Kier molecular flexibility index (Phi) is 8.18. The second-order valence-electron chi connectivity index (χ2n) is 6.58. The third kappa shape index (κ3) is 5.91. The molecule has 3 rings (SSSR count). The van der Waals surface area contributed by atoms with Crippen molar-refractivity contribution < 1.29 is 24.1 Å². The predicted octanol–water partition coefficient (Wildman–Crippen LogP) is 5.75. The maximum Gasteiger partial charge on any atom is 0.339 e. The minimum absolute atomic E-state index is 0.0671. The van der Waals surface area contributed by atoms with Gasteiger partial charge in [0.2, 0.25) is 0 Å². The summed E-state index contributed by atoms with van der Waals surface area (Å²) < 4.78 is 16.7. The van der Waals surface area contributed by atoms with Crippen LogP contribution in [0.15, 0.2) is 66.7 Å². The number of benzene rings is 3. The van der Waals surface area contributed by atoms with Gasteiger partial charge in [0.25, 0.3) is 0 Å². The zero-order valence-corrected chi connectivity index (χ0v) is 18.4. The van der Waals surface area contributed by atoms with Gasteiger partial charge in [0.1, 0.15) is 24.7 Å². The van der Waals surface area contributed by atoms with Crippen LogP contribution in [0.3, 0.4) is 0 Å². The number of aliphatic hydroxyl groups excluding tert-OH is 1. The number of rotatable bonds is 9. The van der Waals surface area contributed by atoms with E-state index in [1.54, 1.807) is 49.4 Å². The number of hydrogen-bond donors (Lipinski definition) is 1. The highest BCUT2D eigenvalue weighted by atomic mass is 35.5. The van der Waals surface area contributed by atoms with Crippen molar-refractivity contribution in [2.75, 3.05) is 6.61 Å². The molecule has 0 fully saturated rings. The fourth-order valence-corrected chi connectivity index (χ4v) is 3.38. The molecule has 0 bridgehead atoms. The summed E-state index contributed by atoms with van der Waals surface area (Å²) in [6.45, 7) is 2.07. The molecule has 0 aliphatic rings. The van der Waals surface area contributed by atoms with Crippen molar-refractivity contribution >= 4 is 29.2 Å². The lowest BCUT2D eigenvalue weighted by atomic mass is 9.97. The molecule has 0 saturated carbocycles. The van der Waals surface area contributed by atoms with Crippen LogP contribution >= 0.6 is 23.2 Å². The summed E-state index contributed by atoms with van der Waals surface area (Å²) in [5.74, 6) is 0.284. The molecule has 1 N–H and O–H groups in total. The van der Waals surface area contributed by atoms with E-state index in [1.807, 2.05) is 24.3 Å². The number of hydrogen-bond acceptors (Lipinski definition) is 5. The number of ether oxygens (including phenoxy) is 3. The Bertz CT molecular complexity index is 1040. The van der Waals surface area contributed by atoms with Crippen molar-refractivity contribution in [2.45, 2.75) is 26.2 Å². The second kappa shape index (κ2) is 11.0. The van der Waals surface area contributed by atoms with Crippen LogP contribution in [-0.4, -0.2) is 17.7 Å². The number of halogens is 2. The van der Waals surface area contributed by atoms with Crippen LogP contribution in [0.2, 0.25) is 10.0 Å². The van der Waals surface area contributed by atoms with Crippen LogP contribution in [-0.2, 0) is 22.7 Å². The molecule has 0 heterocycles. The summed E-state index contributed by atoms with van der Waals surface area (Å²) >= 11 is 12.4. The average Bonchev–Trinajstić information content (AvgIpc) is 2.78. The van der Waals surface area contributed by atoms with E-state index < -0.39 is 12.1 Å². The molecule has 1 unspecified atom stereocenters. The SMILES string of the molecule is CCOC(=O)C(O)c1cccc(COc2ccccc2Cl)c1COc1ccccc1Cl. The molecule has 162 valence electrons. The zero-order valence-electron chi connectivity index (χ0n) is 16.9. The van der Waals surface area contributed by atoms with Gasteiger partial charge in [0.15, 0.2) is 6.10 Å². The average molecular weight is 461 g/mol. The fourth-order valence-electron chi connectivity index (χ4n) is 3.00. The van der Waals surface area contributed by atoms with Gasteiger partial charge in [-0.3, -0.25) is 0 Å². The summed E-state index contributed by atoms with van der Waals surface area (Å²) in [5, 5.41) is 11.5. The predicted molar refractivity (Wildman–Crippen MR) is 120 cm³/mol. The van der Waals surface area contributed by atoms with E-state index in [1.165, 1.54) is 0 Å². The van der Waals surface area contributed by atoms with Crippen molar-refractivity contribution in [3.05, 3.63) is 93.5 Å². The molecule has 0 spiro atoms. The molecule has 31 heavy (non-hydrogen) atoms. The Balaban J connectivity index is 1.91. The monoisotopic (exact) mass is 460 g/mol. The number of carbonyl (C=O) groups excluding carboxylic acids is 1. The first-order valence-corrected chi connectivity index (χ1v) is 10.5. The van der Waals surface area contributed by atoms with Gasteiger partial charge >= 0.3 is 5.97 Å². The fraction of sp³-hybridized carbons (Fsp3) is 0.208. The van der Waals surface area contributed by atoms with Crippen LogP contribution in [0.5, 0.6) is 11.5 Å². The van der Waals surface area contributed by atoms with E-state index in [-0.39, 0.29) is 19.8 Å². The van der Waals surface area contributed by atoms with Crippen LogP contribution in [0, 0.1) is 0 Å². The molecule has 0 saturated heterocycles. The van der Waals surface area contributed by atoms with E-state index in [2.05, 4.69) is 0 Å². The molecular formula is C24H22Cl2O5. The number of carbonyl (C=O) groups is 1.